The van der Waals surface area contributed by atoms with E-state index in [1.807, 2.05) is 6.92 Å². The Morgan fingerprint density at radius 1 is 1.24 bits per heavy atom. The Morgan fingerprint density at radius 2 is 2.00 bits per heavy atom. The van der Waals surface area contributed by atoms with E-state index < -0.39 is 10.8 Å². The maximum atomic E-state index is 12.8. The molecule has 0 saturated heterocycles. The third kappa shape index (κ3) is 6.08. The molecule has 3 aromatic rings. The fraction of sp³-hybridized carbons (Fsp3) is 0.238. The van der Waals surface area contributed by atoms with E-state index in [-0.39, 0.29) is 46.1 Å². The number of benzene rings is 2. The van der Waals surface area contributed by atoms with Crippen LogP contribution < -0.4 is 5.73 Å². The molecule has 2 N–H and O–H groups in total. The molecule has 12 heteroatoms. The van der Waals surface area contributed by atoms with Gasteiger partial charge in [0.25, 0.3) is 5.69 Å². The van der Waals surface area contributed by atoms with Gasteiger partial charge >= 0.3 is 0 Å². The lowest BCUT2D eigenvalue weighted by Gasteiger charge is -2.20. The van der Waals surface area contributed by atoms with E-state index in [0.29, 0.717) is 23.6 Å². The molecule has 1 heterocycles. The topological polar surface area (TPSA) is 145 Å². The molecule has 2 amide bonds. The zero-order valence-electron chi connectivity index (χ0n) is 17.6. The molecule has 10 nitrogen and oxygen atoms in total. The van der Waals surface area contributed by atoms with Crippen molar-refractivity contribution >= 4 is 40.9 Å². The molecule has 0 aliphatic heterocycles. The lowest BCUT2D eigenvalue weighted by molar-refractivity contribution is -0.387. The average molecular weight is 490 g/mol. The number of rotatable bonds is 10. The highest BCUT2D eigenvalue weighted by Gasteiger charge is 2.21. The van der Waals surface area contributed by atoms with Gasteiger partial charge in [0.15, 0.2) is 0 Å². The van der Waals surface area contributed by atoms with Gasteiger partial charge in [-0.15, -0.1) is 22.0 Å². The number of nitrogens with zero attached hydrogens (tertiary/aromatic N) is 4. The number of carbonyl (C=O) groups excluding carboxylic acids is 2. The highest BCUT2D eigenvalue weighted by molar-refractivity contribution is 8.00. The van der Waals surface area contributed by atoms with Crippen molar-refractivity contribution in [1.29, 1.82) is 0 Å². The third-order valence-electron chi connectivity index (χ3n) is 4.53. The maximum Gasteiger partial charge on any atom is 0.283 e. The minimum absolute atomic E-state index is 0.0238. The van der Waals surface area contributed by atoms with Gasteiger partial charge in [-0.25, -0.2) is 0 Å². The summed E-state index contributed by atoms with van der Waals surface area (Å²) >= 11 is 7.17. The summed E-state index contributed by atoms with van der Waals surface area (Å²) in [6.07, 6.45) is 0.690. The summed E-state index contributed by atoms with van der Waals surface area (Å²) in [5, 5.41) is 19.9. The predicted molar refractivity (Wildman–Crippen MR) is 123 cm³/mol. The average Bonchev–Trinajstić information content (AvgIpc) is 3.25. The van der Waals surface area contributed by atoms with Crippen molar-refractivity contribution in [3.63, 3.8) is 0 Å². The Balaban J connectivity index is 1.71. The molecule has 0 saturated carbocycles. The Kier molecular flexibility index (Phi) is 8.01. The number of amides is 2. The number of nitrogens with two attached hydrogens (primary N) is 1. The zero-order valence-corrected chi connectivity index (χ0v) is 19.1. The molecule has 33 heavy (non-hydrogen) atoms. The molecule has 0 radical (unpaired) electrons. The Morgan fingerprint density at radius 3 is 2.67 bits per heavy atom. The Hall–Kier alpha value is -3.44. The molecule has 0 aliphatic carbocycles. The van der Waals surface area contributed by atoms with E-state index in [1.165, 1.54) is 12.1 Å². The minimum atomic E-state index is -0.768. The van der Waals surface area contributed by atoms with Crippen LogP contribution in [0.2, 0.25) is 5.02 Å². The number of primary amides is 1. The molecule has 172 valence electrons. The molecule has 1 aromatic heterocycles. The highest BCUT2D eigenvalue weighted by Crippen LogP contribution is 2.31. The van der Waals surface area contributed by atoms with Gasteiger partial charge in [-0.1, -0.05) is 30.7 Å². The van der Waals surface area contributed by atoms with Crippen LogP contribution in [0.15, 0.2) is 51.8 Å². The number of hydrogen-bond donors (Lipinski definition) is 1. The summed E-state index contributed by atoms with van der Waals surface area (Å²) in [6, 6.07) is 10.9. The standard InChI is InChI=1S/C21H20ClN5O5S/c1-2-9-26(11-18-24-25-21(32-18)14-5-3-4-6-15(14)22)19(28)12-33-17-8-7-13(20(23)29)10-16(17)27(30)31/h3-8,10H,2,9,11-12H2,1H3,(H2,23,29). The lowest BCUT2D eigenvalue weighted by Crippen LogP contribution is -2.32. The van der Waals surface area contributed by atoms with E-state index in [1.54, 1.807) is 29.2 Å². The first kappa shape index (κ1) is 24.2. The van der Waals surface area contributed by atoms with Crippen LogP contribution in [0, 0.1) is 10.1 Å². The first-order valence-corrected chi connectivity index (χ1v) is 11.2. The lowest BCUT2D eigenvalue weighted by atomic mass is 10.2. The van der Waals surface area contributed by atoms with Crippen LogP contribution in [0.4, 0.5) is 5.69 Å². The normalized spacial score (nSPS) is 10.7. The molecule has 0 fully saturated rings. The van der Waals surface area contributed by atoms with Crippen molar-refractivity contribution in [2.75, 3.05) is 12.3 Å². The number of thioether (sulfide) groups is 1. The largest absolute Gasteiger partial charge is 0.419 e. The summed E-state index contributed by atoms with van der Waals surface area (Å²) in [7, 11) is 0. The number of halogens is 1. The number of aromatic nitrogens is 2. The zero-order chi connectivity index (χ0) is 24.0. The summed E-state index contributed by atoms with van der Waals surface area (Å²) in [5.74, 6) is -0.585. The van der Waals surface area contributed by atoms with Gasteiger partial charge in [0.1, 0.15) is 0 Å². The van der Waals surface area contributed by atoms with Crippen LogP contribution in [0.3, 0.4) is 0 Å². The second kappa shape index (κ2) is 10.9. The first-order valence-electron chi connectivity index (χ1n) is 9.86. The Labute approximate surface area is 198 Å². The van der Waals surface area contributed by atoms with Gasteiger partial charge in [0, 0.05) is 18.2 Å². The van der Waals surface area contributed by atoms with Crippen LogP contribution >= 0.6 is 23.4 Å². The second-order valence-electron chi connectivity index (χ2n) is 6.89. The number of nitro benzene ring substituents is 1. The third-order valence-corrected chi connectivity index (χ3v) is 5.91. The van der Waals surface area contributed by atoms with Crippen molar-refractivity contribution in [2.24, 2.45) is 5.73 Å². The fourth-order valence-electron chi connectivity index (χ4n) is 2.95. The number of nitro groups is 1. The van der Waals surface area contributed by atoms with E-state index in [9.17, 15) is 19.7 Å². The highest BCUT2D eigenvalue weighted by atomic mass is 35.5. The van der Waals surface area contributed by atoms with Gasteiger partial charge in [-0.2, -0.15) is 0 Å². The van der Waals surface area contributed by atoms with Crippen molar-refractivity contribution in [3.8, 4) is 11.5 Å². The molecular weight excluding hydrogens is 470 g/mol. The van der Waals surface area contributed by atoms with Gasteiger partial charge < -0.3 is 15.1 Å². The van der Waals surface area contributed by atoms with Gasteiger partial charge in [-0.3, -0.25) is 19.7 Å². The summed E-state index contributed by atoms with van der Waals surface area (Å²) in [4.78, 5) is 36.7. The van der Waals surface area contributed by atoms with E-state index in [4.69, 9.17) is 21.8 Å². The van der Waals surface area contributed by atoms with Gasteiger partial charge in [-0.05, 0) is 30.7 Å². The molecule has 2 aromatic carbocycles. The first-order chi connectivity index (χ1) is 15.8. The van der Waals surface area contributed by atoms with Gasteiger partial charge in [0.2, 0.25) is 23.6 Å². The van der Waals surface area contributed by atoms with E-state index >= 15 is 0 Å². The van der Waals surface area contributed by atoms with Crippen molar-refractivity contribution in [1.82, 2.24) is 15.1 Å². The van der Waals surface area contributed by atoms with E-state index in [2.05, 4.69) is 10.2 Å². The minimum Gasteiger partial charge on any atom is -0.419 e. The quantitative estimate of drug-likeness (QED) is 0.256. The van der Waals surface area contributed by atoms with Crippen molar-refractivity contribution in [3.05, 3.63) is 69.1 Å². The molecule has 0 aliphatic rings. The Bertz CT molecular complexity index is 1190. The van der Waals surface area contributed by atoms with Crippen molar-refractivity contribution < 1.29 is 18.9 Å². The number of hydrogen-bond acceptors (Lipinski definition) is 8. The number of carbonyl (C=O) groups is 2. The van der Waals surface area contributed by atoms with Crippen LogP contribution in [0.25, 0.3) is 11.5 Å². The predicted octanol–water partition coefficient (Wildman–Crippen LogP) is 3.93. The van der Waals surface area contributed by atoms with E-state index in [0.717, 1.165) is 17.8 Å². The molecule has 0 spiro atoms. The van der Waals surface area contributed by atoms with Crippen LogP contribution in [-0.4, -0.2) is 44.1 Å². The fourth-order valence-corrected chi connectivity index (χ4v) is 4.08. The SMILES string of the molecule is CCCN(Cc1nnc(-c2ccccc2Cl)o1)C(=O)CSc1ccc(C(N)=O)cc1[N+](=O)[O-]. The summed E-state index contributed by atoms with van der Waals surface area (Å²) < 4.78 is 5.69. The molecular formula is C21H20ClN5O5S. The van der Waals surface area contributed by atoms with Gasteiger partial charge in [0.05, 0.1) is 32.7 Å². The van der Waals surface area contributed by atoms with Crippen LogP contribution in [-0.2, 0) is 11.3 Å². The molecule has 3 rings (SSSR count). The molecule has 0 atom stereocenters. The monoisotopic (exact) mass is 489 g/mol. The smallest absolute Gasteiger partial charge is 0.283 e. The second-order valence-corrected chi connectivity index (χ2v) is 8.31. The summed E-state index contributed by atoms with van der Waals surface area (Å²) in [6.45, 7) is 2.45. The molecule has 0 unspecified atom stereocenters. The summed E-state index contributed by atoms with van der Waals surface area (Å²) in [5.41, 5.74) is 5.52. The van der Waals surface area contributed by atoms with Crippen molar-refractivity contribution in [2.45, 2.75) is 24.8 Å². The maximum absolute atomic E-state index is 12.8. The van der Waals surface area contributed by atoms with Crippen LogP contribution in [0.1, 0.15) is 29.6 Å². The molecule has 0 bridgehead atoms. The van der Waals surface area contributed by atoms with Crippen LogP contribution in [0.5, 0.6) is 0 Å².